The Labute approximate surface area is 215 Å². The van der Waals surface area contributed by atoms with Crippen LogP contribution in [-0.4, -0.2) is 9.97 Å². The Hall–Kier alpha value is -3.95. The van der Waals surface area contributed by atoms with E-state index in [1.54, 1.807) is 0 Å². The number of benzene rings is 4. The first-order valence-corrected chi connectivity index (χ1v) is 13.1. The van der Waals surface area contributed by atoms with Gasteiger partial charge in [-0.1, -0.05) is 104 Å². The molecular weight excluding hydrogens is 456 g/mol. The van der Waals surface area contributed by atoms with Crippen LogP contribution in [0, 0.1) is 0 Å². The van der Waals surface area contributed by atoms with Crippen LogP contribution in [0.3, 0.4) is 0 Å². The summed E-state index contributed by atoms with van der Waals surface area (Å²) in [6.07, 6.45) is 1.84. The molecule has 6 aromatic rings. The summed E-state index contributed by atoms with van der Waals surface area (Å²) in [6, 6.07) is 36.9. The maximum Gasteiger partial charge on any atom is 0.0972 e. The third-order valence-corrected chi connectivity index (χ3v) is 8.49. The highest BCUT2D eigenvalue weighted by Crippen LogP contribution is 2.52. The molecule has 4 aromatic carbocycles. The van der Waals surface area contributed by atoms with Crippen molar-refractivity contribution in [2.45, 2.75) is 29.1 Å². The molecule has 2 aromatic heterocycles. The zero-order valence-corrected chi connectivity index (χ0v) is 21.0. The predicted octanol–water partition coefficient (Wildman–Crippen LogP) is 8.91. The van der Waals surface area contributed by atoms with E-state index in [1.807, 2.05) is 24.0 Å². The first kappa shape index (κ1) is 21.3. The van der Waals surface area contributed by atoms with Crippen molar-refractivity contribution >= 4 is 33.6 Å². The summed E-state index contributed by atoms with van der Waals surface area (Å²) in [5.74, 6) is 0. The molecule has 3 heteroatoms. The van der Waals surface area contributed by atoms with E-state index in [1.165, 1.54) is 32.0 Å². The van der Waals surface area contributed by atoms with Gasteiger partial charge in [-0.15, -0.1) is 0 Å². The second-order valence-corrected chi connectivity index (χ2v) is 11.0. The normalized spacial score (nSPS) is 13.9. The van der Waals surface area contributed by atoms with Crippen LogP contribution in [0.25, 0.3) is 44.2 Å². The topological polar surface area (TPSA) is 25.8 Å². The van der Waals surface area contributed by atoms with Crippen LogP contribution in [0.4, 0.5) is 0 Å². The lowest BCUT2D eigenvalue weighted by atomic mass is 9.74. The molecule has 0 unspecified atom stereocenters. The van der Waals surface area contributed by atoms with Crippen molar-refractivity contribution in [1.29, 1.82) is 0 Å². The maximum absolute atomic E-state index is 5.03. The summed E-state index contributed by atoms with van der Waals surface area (Å²) < 4.78 is 0. The molecular formula is C33H24N2S. The van der Waals surface area contributed by atoms with E-state index in [4.69, 9.17) is 4.98 Å². The number of fused-ring (bicyclic) bond motifs is 5. The third kappa shape index (κ3) is 3.27. The summed E-state index contributed by atoms with van der Waals surface area (Å²) in [4.78, 5) is 12.3. The molecule has 0 amide bonds. The predicted molar refractivity (Wildman–Crippen MR) is 151 cm³/mol. The van der Waals surface area contributed by atoms with Gasteiger partial charge in [0.1, 0.15) is 0 Å². The van der Waals surface area contributed by atoms with Gasteiger partial charge in [-0.05, 0) is 46.5 Å². The molecule has 0 bridgehead atoms. The van der Waals surface area contributed by atoms with Crippen LogP contribution in [0.2, 0.25) is 0 Å². The third-order valence-electron chi connectivity index (χ3n) is 7.36. The standard InChI is InChI=1S/C33H24N2S/c1-33(2)26-9-3-4-10-28(26)36-29-11-5-8-25(30(29)33)21-12-14-22(15-13-21)27-19-18-24-17-16-23-7-6-20-34-31(23)32(24)35-27/h3-20H,1-2H3. The van der Waals surface area contributed by atoms with Gasteiger partial charge in [0.15, 0.2) is 0 Å². The van der Waals surface area contributed by atoms with Crippen LogP contribution in [0.15, 0.2) is 119 Å². The summed E-state index contributed by atoms with van der Waals surface area (Å²) in [7, 11) is 0. The first-order chi connectivity index (χ1) is 17.6. The minimum Gasteiger partial charge on any atom is -0.254 e. The molecule has 0 aliphatic carbocycles. The highest BCUT2D eigenvalue weighted by molar-refractivity contribution is 7.99. The van der Waals surface area contributed by atoms with Gasteiger partial charge >= 0.3 is 0 Å². The summed E-state index contributed by atoms with van der Waals surface area (Å²) in [5, 5.41) is 2.22. The van der Waals surface area contributed by atoms with Crippen LogP contribution in [-0.2, 0) is 5.41 Å². The van der Waals surface area contributed by atoms with E-state index in [-0.39, 0.29) is 5.41 Å². The fourth-order valence-electron chi connectivity index (χ4n) is 5.53. The molecule has 172 valence electrons. The Morgan fingerprint density at radius 2 is 1.33 bits per heavy atom. The largest absolute Gasteiger partial charge is 0.254 e. The molecule has 0 saturated heterocycles. The van der Waals surface area contributed by atoms with Gasteiger partial charge in [0.05, 0.1) is 16.7 Å². The van der Waals surface area contributed by atoms with E-state index >= 15 is 0 Å². The minimum absolute atomic E-state index is 0.0690. The monoisotopic (exact) mass is 480 g/mol. The molecule has 0 saturated carbocycles. The summed E-state index contributed by atoms with van der Waals surface area (Å²) >= 11 is 1.88. The summed E-state index contributed by atoms with van der Waals surface area (Å²) in [6.45, 7) is 4.69. The number of pyridine rings is 2. The molecule has 0 spiro atoms. The van der Waals surface area contributed by atoms with Gasteiger partial charge in [0.2, 0.25) is 0 Å². The number of rotatable bonds is 2. The van der Waals surface area contributed by atoms with Gasteiger partial charge in [-0.25, -0.2) is 4.98 Å². The van der Waals surface area contributed by atoms with Gasteiger partial charge in [0, 0.05) is 37.7 Å². The quantitative estimate of drug-likeness (QED) is 0.231. The van der Waals surface area contributed by atoms with E-state index < -0.39 is 0 Å². The van der Waals surface area contributed by atoms with Crippen LogP contribution in [0.5, 0.6) is 0 Å². The average Bonchev–Trinajstić information content (AvgIpc) is 2.92. The molecule has 1 aliphatic rings. The summed E-state index contributed by atoms with van der Waals surface area (Å²) in [5.41, 5.74) is 9.23. The molecule has 0 radical (unpaired) electrons. The molecule has 0 atom stereocenters. The lowest BCUT2D eigenvalue weighted by Gasteiger charge is -2.36. The van der Waals surface area contributed by atoms with Crippen molar-refractivity contribution in [3.05, 3.63) is 120 Å². The lowest BCUT2D eigenvalue weighted by Crippen LogP contribution is -2.24. The SMILES string of the molecule is CC1(C)c2ccccc2Sc2cccc(-c3ccc(-c4ccc5ccc6cccnc6c5n4)cc3)c21. The molecule has 7 rings (SSSR count). The van der Waals surface area contributed by atoms with Crippen molar-refractivity contribution in [1.82, 2.24) is 9.97 Å². The fraction of sp³-hybridized carbons (Fsp3) is 0.0909. The van der Waals surface area contributed by atoms with Crippen molar-refractivity contribution in [3.8, 4) is 22.4 Å². The molecule has 36 heavy (non-hydrogen) atoms. The Morgan fingerprint density at radius 3 is 2.19 bits per heavy atom. The van der Waals surface area contributed by atoms with E-state index in [0.717, 1.165) is 33.1 Å². The number of nitrogens with zero attached hydrogens (tertiary/aromatic N) is 2. The molecule has 3 heterocycles. The Balaban J connectivity index is 1.31. The van der Waals surface area contributed by atoms with Crippen molar-refractivity contribution in [3.63, 3.8) is 0 Å². The van der Waals surface area contributed by atoms with E-state index in [9.17, 15) is 0 Å². The first-order valence-electron chi connectivity index (χ1n) is 12.3. The smallest absolute Gasteiger partial charge is 0.0972 e. The van der Waals surface area contributed by atoms with Crippen LogP contribution in [0.1, 0.15) is 25.0 Å². The number of hydrogen-bond donors (Lipinski definition) is 0. The lowest BCUT2D eigenvalue weighted by molar-refractivity contribution is 0.609. The molecule has 2 nitrogen and oxygen atoms in total. The minimum atomic E-state index is -0.0690. The molecule has 0 N–H and O–H groups in total. The Bertz CT molecular complexity index is 1780. The van der Waals surface area contributed by atoms with Crippen molar-refractivity contribution < 1.29 is 0 Å². The fourth-order valence-corrected chi connectivity index (χ4v) is 6.96. The highest BCUT2D eigenvalue weighted by atomic mass is 32.2. The number of hydrogen-bond acceptors (Lipinski definition) is 3. The van der Waals surface area contributed by atoms with Crippen LogP contribution >= 0.6 is 11.8 Å². The zero-order valence-electron chi connectivity index (χ0n) is 20.2. The van der Waals surface area contributed by atoms with E-state index in [0.29, 0.717) is 0 Å². The van der Waals surface area contributed by atoms with Crippen LogP contribution < -0.4 is 0 Å². The Kier molecular flexibility index (Phi) is 4.77. The van der Waals surface area contributed by atoms with E-state index in [2.05, 4.69) is 116 Å². The second-order valence-electron chi connectivity index (χ2n) is 9.89. The van der Waals surface area contributed by atoms with Gasteiger partial charge in [-0.3, -0.25) is 4.98 Å². The molecule has 1 aliphatic heterocycles. The van der Waals surface area contributed by atoms with Crippen molar-refractivity contribution in [2.24, 2.45) is 0 Å². The molecule has 0 fully saturated rings. The van der Waals surface area contributed by atoms with Gasteiger partial charge < -0.3 is 0 Å². The number of aromatic nitrogens is 2. The second kappa shape index (κ2) is 8.04. The Morgan fingerprint density at radius 1 is 0.611 bits per heavy atom. The highest BCUT2D eigenvalue weighted by Gasteiger charge is 2.34. The maximum atomic E-state index is 5.03. The average molecular weight is 481 g/mol. The zero-order chi connectivity index (χ0) is 24.3. The van der Waals surface area contributed by atoms with Crippen molar-refractivity contribution in [2.75, 3.05) is 0 Å². The van der Waals surface area contributed by atoms with Gasteiger partial charge in [-0.2, -0.15) is 0 Å². The van der Waals surface area contributed by atoms with Gasteiger partial charge in [0.25, 0.3) is 0 Å².